The Morgan fingerprint density at radius 3 is 3.00 bits per heavy atom. The van der Waals surface area contributed by atoms with Gasteiger partial charge in [0.05, 0.1) is 0 Å². The Kier molecular flexibility index (Phi) is 2.92. The number of hydrogen-bond acceptors (Lipinski definition) is 3. The fourth-order valence-corrected chi connectivity index (χ4v) is 1.69. The molecule has 0 amide bonds. The normalized spacial score (nSPS) is 15.8. The molecule has 0 aliphatic carbocycles. The summed E-state index contributed by atoms with van der Waals surface area (Å²) in [6.45, 7) is 4.88. The molecule has 1 heterocycles. The van der Waals surface area contributed by atoms with Gasteiger partial charge in [-0.05, 0) is 12.5 Å². The molecular weight excluding hydrogens is 190 g/mol. The fraction of sp³-hybridized carbons (Fsp3) is 0.333. The van der Waals surface area contributed by atoms with E-state index in [1.165, 1.54) is 0 Å². The maximum absolute atomic E-state index is 6.02. The molecule has 2 rings (SSSR count). The highest BCUT2D eigenvalue weighted by atomic mass is 16.6. The summed E-state index contributed by atoms with van der Waals surface area (Å²) in [5.74, 6) is 1.58. The van der Waals surface area contributed by atoms with Crippen LogP contribution in [0.1, 0.15) is 18.0 Å². The number of nitrogens with two attached hydrogens (primary N) is 1. The molecule has 1 atom stereocenters. The standard InChI is InChI=1S/C12H15NO2/c1-2-4-10(13)9-5-3-6-11-12(9)15-8-7-14-11/h2-3,5-6,10H,1,4,7-8,13H2/t10-/m0/s1. The van der Waals surface area contributed by atoms with Crippen LogP contribution in [0.15, 0.2) is 30.9 Å². The summed E-state index contributed by atoms with van der Waals surface area (Å²) in [5.41, 5.74) is 7.02. The van der Waals surface area contributed by atoms with Crippen molar-refractivity contribution in [3.8, 4) is 11.5 Å². The van der Waals surface area contributed by atoms with Crippen LogP contribution in [0.25, 0.3) is 0 Å². The lowest BCUT2D eigenvalue weighted by atomic mass is 10.0. The van der Waals surface area contributed by atoms with Crippen LogP contribution in [-0.2, 0) is 0 Å². The Morgan fingerprint density at radius 2 is 2.20 bits per heavy atom. The molecule has 3 nitrogen and oxygen atoms in total. The molecule has 0 saturated carbocycles. The predicted octanol–water partition coefficient (Wildman–Crippen LogP) is 2.03. The summed E-state index contributed by atoms with van der Waals surface area (Å²) in [5, 5.41) is 0. The molecule has 15 heavy (non-hydrogen) atoms. The Labute approximate surface area is 89.5 Å². The maximum Gasteiger partial charge on any atom is 0.166 e. The van der Waals surface area contributed by atoms with Gasteiger partial charge in [-0.1, -0.05) is 18.2 Å². The molecule has 0 spiro atoms. The Balaban J connectivity index is 2.34. The first-order valence-corrected chi connectivity index (χ1v) is 5.08. The zero-order chi connectivity index (χ0) is 10.7. The Hall–Kier alpha value is -1.48. The fourth-order valence-electron chi connectivity index (χ4n) is 1.69. The van der Waals surface area contributed by atoms with Crippen LogP contribution in [0, 0.1) is 0 Å². The molecule has 1 aromatic rings. The Morgan fingerprint density at radius 1 is 1.40 bits per heavy atom. The van der Waals surface area contributed by atoms with Crippen molar-refractivity contribution in [1.29, 1.82) is 0 Å². The molecule has 3 heteroatoms. The highest BCUT2D eigenvalue weighted by molar-refractivity contribution is 5.48. The second-order valence-corrected chi connectivity index (χ2v) is 3.50. The quantitative estimate of drug-likeness (QED) is 0.768. The first-order chi connectivity index (χ1) is 7.33. The van der Waals surface area contributed by atoms with E-state index in [1.54, 1.807) is 0 Å². The van der Waals surface area contributed by atoms with Gasteiger partial charge in [-0.3, -0.25) is 0 Å². The molecule has 2 N–H and O–H groups in total. The third-order valence-electron chi connectivity index (χ3n) is 2.42. The topological polar surface area (TPSA) is 44.5 Å². The summed E-state index contributed by atoms with van der Waals surface area (Å²) in [7, 11) is 0. The summed E-state index contributed by atoms with van der Waals surface area (Å²) >= 11 is 0. The molecule has 0 aromatic heterocycles. The maximum atomic E-state index is 6.02. The lowest BCUT2D eigenvalue weighted by Gasteiger charge is -2.23. The van der Waals surface area contributed by atoms with E-state index < -0.39 is 0 Å². The SMILES string of the molecule is C=CC[C@H](N)c1cccc2c1OCCO2. The molecule has 1 aromatic carbocycles. The van der Waals surface area contributed by atoms with E-state index in [2.05, 4.69) is 6.58 Å². The van der Waals surface area contributed by atoms with Gasteiger partial charge in [0.2, 0.25) is 0 Å². The molecule has 0 bridgehead atoms. The van der Waals surface area contributed by atoms with Gasteiger partial charge in [0.1, 0.15) is 13.2 Å². The molecule has 0 radical (unpaired) electrons. The van der Waals surface area contributed by atoms with Gasteiger partial charge in [0.25, 0.3) is 0 Å². The number of hydrogen-bond donors (Lipinski definition) is 1. The van der Waals surface area contributed by atoms with Gasteiger partial charge in [-0.2, -0.15) is 0 Å². The largest absolute Gasteiger partial charge is 0.486 e. The van der Waals surface area contributed by atoms with E-state index in [0.717, 1.165) is 23.5 Å². The van der Waals surface area contributed by atoms with Crippen LogP contribution in [0.5, 0.6) is 11.5 Å². The van der Waals surface area contributed by atoms with Crippen molar-refractivity contribution in [3.63, 3.8) is 0 Å². The van der Waals surface area contributed by atoms with E-state index in [9.17, 15) is 0 Å². The zero-order valence-corrected chi connectivity index (χ0v) is 8.61. The van der Waals surface area contributed by atoms with E-state index in [1.807, 2.05) is 24.3 Å². The van der Waals surface area contributed by atoms with Gasteiger partial charge in [-0.15, -0.1) is 6.58 Å². The van der Waals surface area contributed by atoms with Crippen molar-refractivity contribution < 1.29 is 9.47 Å². The van der Waals surface area contributed by atoms with Crippen molar-refractivity contribution in [2.45, 2.75) is 12.5 Å². The third-order valence-corrected chi connectivity index (χ3v) is 2.42. The molecule has 80 valence electrons. The zero-order valence-electron chi connectivity index (χ0n) is 8.61. The predicted molar refractivity (Wildman–Crippen MR) is 59.2 cm³/mol. The van der Waals surface area contributed by atoms with Crippen LogP contribution < -0.4 is 15.2 Å². The molecule has 0 saturated heterocycles. The van der Waals surface area contributed by atoms with Gasteiger partial charge in [-0.25, -0.2) is 0 Å². The lowest BCUT2D eigenvalue weighted by molar-refractivity contribution is 0.169. The van der Waals surface area contributed by atoms with Crippen LogP contribution in [-0.4, -0.2) is 13.2 Å². The van der Waals surface area contributed by atoms with Crippen LogP contribution in [0.3, 0.4) is 0 Å². The molecule has 1 aliphatic heterocycles. The third kappa shape index (κ3) is 1.97. The summed E-state index contributed by atoms with van der Waals surface area (Å²) in [6.07, 6.45) is 2.55. The van der Waals surface area contributed by atoms with Gasteiger partial charge in [0, 0.05) is 11.6 Å². The van der Waals surface area contributed by atoms with Gasteiger partial charge < -0.3 is 15.2 Å². The highest BCUT2D eigenvalue weighted by Gasteiger charge is 2.18. The van der Waals surface area contributed by atoms with Crippen molar-refractivity contribution >= 4 is 0 Å². The minimum atomic E-state index is -0.0702. The van der Waals surface area contributed by atoms with Gasteiger partial charge in [0.15, 0.2) is 11.5 Å². The average molecular weight is 205 g/mol. The van der Waals surface area contributed by atoms with E-state index in [-0.39, 0.29) is 6.04 Å². The van der Waals surface area contributed by atoms with Crippen molar-refractivity contribution in [2.75, 3.05) is 13.2 Å². The minimum absolute atomic E-state index is 0.0702. The monoisotopic (exact) mass is 205 g/mol. The van der Waals surface area contributed by atoms with E-state index in [4.69, 9.17) is 15.2 Å². The molecule has 0 fully saturated rings. The molecule has 1 aliphatic rings. The summed E-state index contributed by atoms with van der Waals surface area (Å²) < 4.78 is 11.1. The first-order valence-electron chi connectivity index (χ1n) is 5.08. The van der Waals surface area contributed by atoms with Gasteiger partial charge >= 0.3 is 0 Å². The van der Waals surface area contributed by atoms with Crippen molar-refractivity contribution in [2.24, 2.45) is 5.73 Å². The second-order valence-electron chi connectivity index (χ2n) is 3.50. The van der Waals surface area contributed by atoms with Crippen LogP contribution >= 0.6 is 0 Å². The molecule has 0 unspecified atom stereocenters. The number of fused-ring (bicyclic) bond motifs is 1. The number of benzene rings is 1. The number of para-hydroxylation sites is 1. The van der Waals surface area contributed by atoms with Crippen LogP contribution in [0.4, 0.5) is 0 Å². The first kappa shape index (κ1) is 10.1. The highest BCUT2D eigenvalue weighted by Crippen LogP contribution is 2.36. The van der Waals surface area contributed by atoms with E-state index >= 15 is 0 Å². The average Bonchev–Trinajstić information content (AvgIpc) is 2.28. The van der Waals surface area contributed by atoms with Crippen LogP contribution in [0.2, 0.25) is 0 Å². The van der Waals surface area contributed by atoms with E-state index in [0.29, 0.717) is 13.2 Å². The lowest BCUT2D eigenvalue weighted by Crippen LogP contribution is -2.19. The summed E-state index contributed by atoms with van der Waals surface area (Å²) in [4.78, 5) is 0. The Bertz CT molecular complexity index is 363. The molecular formula is C12H15NO2. The smallest absolute Gasteiger partial charge is 0.166 e. The van der Waals surface area contributed by atoms with Crippen molar-refractivity contribution in [1.82, 2.24) is 0 Å². The number of rotatable bonds is 3. The minimum Gasteiger partial charge on any atom is -0.486 e. The second kappa shape index (κ2) is 4.36. The summed E-state index contributed by atoms with van der Waals surface area (Å²) in [6, 6.07) is 5.74. The van der Waals surface area contributed by atoms with Crippen molar-refractivity contribution in [3.05, 3.63) is 36.4 Å². The number of ether oxygens (including phenoxy) is 2.